The van der Waals surface area contributed by atoms with E-state index < -0.39 is 49.1 Å². The summed E-state index contributed by atoms with van der Waals surface area (Å²) in [6.45, 7) is -1.43. The summed E-state index contributed by atoms with van der Waals surface area (Å²) in [5, 5.41) is 11.3. The first-order chi connectivity index (χ1) is 13.8. The number of rotatable bonds is 5. The van der Waals surface area contributed by atoms with Gasteiger partial charge in [0.05, 0.1) is 30.9 Å². The van der Waals surface area contributed by atoms with Gasteiger partial charge in [-0.3, -0.25) is 14.6 Å². The van der Waals surface area contributed by atoms with Gasteiger partial charge in [-0.2, -0.15) is 5.26 Å². The van der Waals surface area contributed by atoms with Crippen molar-refractivity contribution in [3.05, 3.63) is 54.1 Å². The maximum absolute atomic E-state index is 13.5. The molecule has 0 saturated carbocycles. The first-order valence-corrected chi connectivity index (χ1v) is 8.51. The Morgan fingerprint density at radius 1 is 1.31 bits per heavy atom. The van der Waals surface area contributed by atoms with Gasteiger partial charge in [0, 0.05) is 12.6 Å². The summed E-state index contributed by atoms with van der Waals surface area (Å²) in [5.41, 5.74) is 0.0423. The summed E-state index contributed by atoms with van der Waals surface area (Å²) < 4.78 is 45.5. The second-order valence-electron chi connectivity index (χ2n) is 6.34. The van der Waals surface area contributed by atoms with Crippen molar-refractivity contribution < 1.29 is 27.5 Å². The second kappa shape index (κ2) is 8.18. The van der Waals surface area contributed by atoms with Crippen LogP contribution in [0, 0.1) is 17.1 Å². The lowest BCUT2D eigenvalue weighted by Crippen LogP contribution is -2.43. The first-order valence-electron chi connectivity index (χ1n) is 8.51. The van der Waals surface area contributed by atoms with Crippen LogP contribution in [0.4, 0.5) is 13.2 Å². The van der Waals surface area contributed by atoms with Crippen molar-refractivity contribution in [2.24, 2.45) is 0 Å². The Labute approximate surface area is 163 Å². The van der Waals surface area contributed by atoms with Gasteiger partial charge in [0.1, 0.15) is 17.6 Å². The van der Waals surface area contributed by atoms with Gasteiger partial charge in [0.25, 0.3) is 11.8 Å². The van der Waals surface area contributed by atoms with E-state index in [4.69, 9.17) is 10.00 Å². The summed E-state index contributed by atoms with van der Waals surface area (Å²) in [6.07, 6.45) is 1.87. The van der Waals surface area contributed by atoms with Crippen molar-refractivity contribution >= 4 is 11.8 Å². The van der Waals surface area contributed by atoms with Gasteiger partial charge in [0.2, 0.25) is 5.91 Å². The zero-order valence-corrected chi connectivity index (χ0v) is 14.9. The predicted octanol–water partition coefficient (Wildman–Crippen LogP) is 2.50. The quantitative estimate of drug-likeness (QED) is 0.826. The summed E-state index contributed by atoms with van der Waals surface area (Å²) in [7, 11) is 0. The highest BCUT2D eigenvalue weighted by Crippen LogP contribution is 2.31. The molecule has 1 aliphatic heterocycles. The van der Waals surface area contributed by atoms with E-state index in [1.807, 2.05) is 0 Å². The molecule has 1 aromatic carbocycles. The van der Waals surface area contributed by atoms with Gasteiger partial charge in [-0.1, -0.05) is 0 Å². The molecule has 150 valence electrons. The zero-order chi connectivity index (χ0) is 21.0. The lowest BCUT2D eigenvalue weighted by atomic mass is 10.2. The maximum Gasteiger partial charge on any atom is 0.268 e. The fourth-order valence-corrected chi connectivity index (χ4v) is 2.83. The van der Waals surface area contributed by atoms with E-state index >= 15 is 0 Å². The van der Waals surface area contributed by atoms with Crippen LogP contribution < -0.4 is 10.1 Å². The number of carbonyl (C=O) groups is 2. The summed E-state index contributed by atoms with van der Waals surface area (Å²) in [5.74, 6) is -4.76. The molecule has 3 rings (SSSR count). The lowest BCUT2D eigenvalue weighted by molar-refractivity contribution is -0.131. The SMILES string of the molecule is N#C[C@@H]1CC(F)(F)CN1C(=O)CNC(=O)c1ccncc1Oc1ccc(F)cc1. The van der Waals surface area contributed by atoms with Gasteiger partial charge < -0.3 is 15.0 Å². The van der Waals surface area contributed by atoms with Crippen LogP contribution >= 0.6 is 0 Å². The maximum atomic E-state index is 13.5. The Morgan fingerprint density at radius 3 is 2.72 bits per heavy atom. The average Bonchev–Trinajstić information content (AvgIpc) is 3.03. The number of nitriles is 1. The fraction of sp³-hybridized carbons (Fsp3) is 0.263. The molecule has 2 heterocycles. The number of hydrogen-bond acceptors (Lipinski definition) is 5. The molecule has 1 N–H and O–H groups in total. The molecule has 0 radical (unpaired) electrons. The molecule has 2 aromatic rings. The molecule has 0 spiro atoms. The minimum Gasteiger partial charge on any atom is -0.455 e. The number of ether oxygens (including phenoxy) is 1. The van der Waals surface area contributed by atoms with Crippen LogP contribution in [0.25, 0.3) is 0 Å². The number of hydrogen-bond donors (Lipinski definition) is 1. The highest BCUT2D eigenvalue weighted by atomic mass is 19.3. The molecule has 0 bridgehead atoms. The molecule has 1 saturated heterocycles. The zero-order valence-electron chi connectivity index (χ0n) is 14.9. The molecule has 1 atom stereocenters. The number of halogens is 3. The van der Waals surface area contributed by atoms with E-state index in [9.17, 15) is 22.8 Å². The predicted molar refractivity (Wildman–Crippen MR) is 93.7 cm³/mol. The van der Waals surface area contributed by atoms with Gasteiger partial charge in [-0.15, -0.1) is 0 Å². The Balaban J connectivity index is 1.66. The Kier molecular flexibility index (Phi) is 5.68. The molecule has 10 heteroatoms. The van der Waals surface area contributed by atoms with Crippen molar-refractivity contribution in [1.29, 1.82) is 5.26 Å². The third-order valence-electron chi connectivity index (χ3n) is 4.21. The molecule has 29 heavy (non-hydrogen) atoms. The van der Waals surface area contributed by atoms with E-state index in [2.05, 4.69) is 10.3 Å². The largest absolute Gasteiger partial charge is 0.455 e. The molecule has 0 aliphatic carbocycles. The smallest absolute Gasteiger partial charge is 0.268 e. The number of nitrogens with one attached hydrogen (secondary N) is 1. The fourth-order valence-electron chi connectivity index (χ4n) is 2.83. The Hall–Kier alpha value is -3.61. The van der Waals surface area contributed by atoms with E-state index in [1.165, 1.54) is 42.7 Å². The van der Waals surface area contributed by atoms with Crippen molar-refractivity contribution in [3.8, 4) is 17.6 Å². The third kappa shape index (κ3) is 4.82. The van der Waals surface area contributed by atoms with E-state index in [-0.39, 0.29) is 17.1 Å². The normalized spacial score (nSPS) is 17.4. The minimum atomic E-state index is -3.14. The summed E-state index contributed by atoms with van der Waals surface area (Å²) >= 11 is 0. The Morgan fingerprint density at radius 2 is 2.03 bits per heavy atom. The number of alkyl halides is 2. The van der Waals surface area contributed by atoms with Crippen molar-refractivity contribution in [1.82, 2.24) is 15.2 Å². The molecule has 7 nitrogen and oxygen atoms in total. The van der Waals surface area contributed by atoms with Crippen molar-refractivity contribution in [2.75, 3.05) is 13.1 Å². The number of aromatic nitrogens is 1. The molecule has 1 aromatic heterocycles. The van der Waals surface area contributed by atoms with Gasteiger partial charge in [-0.05, 0) is 30.3 Å². The van der Waals surface area contributed by atoms with Crippen LogP contribution in [-0.2, 0) is 4.79 Å². The molecule has 2 amide bonds. The topological polar surface area (TPSA) is 95.3 Å². The number of nitrogens with zero attached hydrogens (tertiary/aromatic N) is 3. The minimum absolute atomic E-state index is 0.0423. The highest BCUT2D eigenvalue weighted by Gasteiger charge is 2.47. The van der Waals surface area contributed by atoms with Crippen molar-refractivity contribution in [2.45, 2.75) is 18.4 Å². The standard InChI is InChI=1S/C19H15F3N4O3/c20-12-1-3-14(4-2-12)29-16-9-24-6-5-15(16)18(28)25-10-17(27)26-11-19(21,22)7-13(26)8-23/h1-6,9,13H,7,10-11H2,(H,25,28)/t13-/m0/s1. The average molecular weight is 404 g/mol. The molecular weight excluding hydrogens is 389 g/mol. The highest BCUT2D eigenvalue weighted by molar-refractivity contribution is 5.98. The van der Waals surface area contributed by atoms with Gasteiger partial charge in [-0.25, -0.2) is 13.2 Å². The molecule has 1 aliphatic rings. The van der Waals surface area contributed by atoms with Gasteiger partial charge >= 0.3 is 0 Å². The van der Waals surface area contributed by atoms with E-state index in [0.717, 1.165) is 4.90 Å². The van der Waals surface area contributed by atoms with Crippen molar-refractivity contribution in [3.63, 3.8) is 0 Å². The summed E-state index contributed by atoms with van der Waals surface area (Å²) in [4.78, 5) is 29.3. The van der Waals surface area contributed by atoms with Crippen LogP contribution in [-0.4, -0.2) is 46.8 Å². The van der Waals surface area contributed by atoms with E-state index in [0.29, 0.717) is 0 Å². The Bertz CT molecular complexity index is 960. The molecular formula is C19H15F3N4O3. The van der Waals surface area contributed by atoms with Crippen LogP contribution in [0.2, 0.25) is 0 Å². The number of pyridine rings is 1. The number of benzene rings is 1. The van der Waals surface area contributed by atoms with Gasteiger partial charge in [0.15, 0.2) is 5.75 Å². The number of likely N-dealkylation sites (tertiary alicyclic amines) is 1. The van der Waals surface area contributed by atoms with Crippen LogP contribution in [0.5, 0.6) is 11.5 Å². The molecule has 1 fully saturated rings. The summed E-state index contributed by atoms with van der Waals surface area (Å²) in [6, 6.07) is 6.87. The lowest BCUT2D eigenvalue weighted by Gasteiger charge is -2.19. The van der Waals surface area contributed by atoms with Crippen LogP contribution in [0.15, 0.2) is 42.7 Å². The number of amides is 2. The monoisotopic (exact) mass is 404 g/mol. The molecule has 0 unspecified atom stereocenters. The third-order valence-corrected chi connectivity index (χ3v) is 4.21. The van der Waals surface area contributed by atoms with Crippen LogP contribution in [0.1, 0.15) is 16.8 Å². The van der Waals surface area contributed by atoms with E-state index in [1.54, 1.807) is 6.07 Å². The number of carbonyl (C=O) groups excluding carboxylic acids is 2. The first kappa shape index (κ1) is 20.1. The second-order valence-corrected chi connectivity index (χ2v) is 6.34. The van der Waals surface area contributed by atoms with Crippen LogP contribution in [0.3, 0.4) is 0 Å².